The molecule has 0 radical (unpaired) electrons. The van der Waals surface area contributed by atoms with Gasteiger partial charge in [-0.05, 0) is 29.8 Å². The van der Waals surface area contributed by atoms with E-state index in [-0.39, 0.29) is 0 Å². The van der Waals surface area contributed by atoms with Gasteiger partial charge in [0, 0.05) is 23.2 Å². The molecule has 0 atom stereocenters. The van der Waals surface area contributed by atoms with Crippen molar-refractivity contribution < 1.29 is 4.52 Å². The first-order chi connectivity index (χ1) is 9.81. The number of hydrogen-bond donors (Lipinski definition) is 1. The summed E-state index contributed by atoms with van der Waals surface area (Å²) in [6.45, 7) is 0.716. The number of nitrogens with one attached hydrogen (secondary N) is 1. The summed E-state index contributed by atoms with van der Waals surface area (Å²) in [5.41, 5.74) is 2.15. The largest absolute Gasteiger partial charge is 0.363 e. The fourth-order valence-electron chi connectivity index (χ4n) is 1.90. The van der Waals surface area contributed by atoms with E-state index in [2.05, 4.69) is 22.6 Å². The van der Waals surface area contributed by atoms with Crippen LogP contribution >= 0.6 is 11.6 Å². The third-order valence-corrected chi connectivity index (χ3v) is 3.21. The van der Waals surface area contributed by atoms with Crippen LogP contribution in [0.2, 0.25) is 5.02 Å². The molecule has 3 nitrogen and oxygen atoms in total. The highest BCUT2D eigenvalue weighted by molar-refractivity contribution is 6.30. The molecule has 0 fully saturated rings. The number of nitrogens with zero attached hydrogens (tertiary/aromatic N) is 1. The van der Waals surface area contributed by atoms with Crippen molar-refractivity contribution in [3.8, 4) is 11.3 Å². The van der Waals surface area contributed by atoms with E-state index < -0.39 is 0 Å². The second kappa shape index (κ2) is 5.80. The number of hydrogen-bond acceptors (Lipinski definition) is 3. The second-order valence-electron chi connectivity index (χ2n) is 4.42. The van der Waals surface area contributed by atoms with Gasteiger partial charge in [-0.1, -0.05) is 47.1 Å². The van der Waals surface area contributed by atoms with Gasteiger partial charge in [-0.15, -0.1) is 0 Å². The third-order valence-electron chi connectivity index (χ3n) is 2.96. The van der Waals surface area contributed by atoms with Crippen LogP contribution in [0.15, 0.2) is 65.2 Å². The van der Waals surface area contributed by atoms with E-state index in [0.29, 0.717) is 11.6 Å². The van der Waals surface area contributed by atoms with Crippen molar-refractivity contribution in [2.75, 3.05) is 5.32 Å². The minimum atomic E-state index is 0.704. The topological polar surface area (TPSA) is 38.1 Å². The molecule has 4 heteroatoms. The van der Waals surface area contributed by atoms with E-state index in [9.17, 15) is 0 Å². The van der Waals surface area contributed by atoms with Gasteiger partial charge >= 0.3 is 0 Å². The summed E-state index contributed by atoms with van der Waals surface area (Å²) >= 11 is 5.86. The van der Waals surface area contributed by atoms with Gasteiger partial charge in [0.25, 0.3) is 0 Å². The molecule has 0 bridgehead atoms. The molecule has 0 saturated carbocycles. The fourth-order valence-corrected chi connectivity index (χ4v) is 2.02. The molecular weight excluding hydrogens is 272 g/mol. The summed E-state index contributed by atoms with van der Waals surface area (Å²) in [5.74, 6) is 1.44. The van der Waals surface area contributed by atoms with Crippen LogP contribution in [0.3, 0.4) is 0 Å². The molecule has 100 valence electrons. The van der Waals surface area contributed by atoms with Crippen molar-refractivity contribution in [2.24, 2.45) is 0 Å². The zero-order valence-electron chi connectivity index (χ0n) is 10.7. The molecule has 0 spiro atoms. The number of rotatable bonds is 4. The van der Waals surface area contributed by atoms with Crippen LogP contribution in [0.25, 0.3) is 11.3 Å². The summed E-state index contributed by atoms with van der Waals surface area (Å²) in [6, 6.07) is 19.5. The first kappa shape index (κ1) is 12.8. The minimum absolute atomic E-state index is 0.704. The quantitative estimate of drug-likeness (QED) is 0.760. The first-order valence-electron chi connectivity index (χ1n) is 6.32. The van der Waals surface area contributed by atoms with Crippen LogP contribution in [-0.4, -0.2) is 5.16 Å². The Morgan fingerprint density at radius 3 is 2.50 bits per heavy atom. The maximum Gasteiger partial charge on any atom is 0.170 e. The Balaban J connectivity index is 1.69. The predicted octanol–water partition coefficient (Wildman–Crippen LogP) is 4.61. The Morgan fingerprint density at radius 2 is 1.75 bits per heavy atom. The average molecular weight is 285 g/mol. The van der Waals surface area contributed by atoms with E-state index in [1.54, 1.807) is 0 Å². The zero-order valence-corrected chi connectivity index (χ0v) is 11.5. The van der Waals surface area contributed by atoms with Crippen LogP contribution in [0.4, 0.5) is 5.82 Å². The molecule has 0 aliphatic heterocycles. The summed E-state index contributed by atoms with van der Waals surface area (Å²) in [7, 11) is 0. The van der Waals surface area contributed by atoms with Crippen LogP contribution in [0, 0.1) is 0 Å². The van der Waals surface area contributed by atoms with Gasteiger partial charge in [0.2, 0.25) is 0 Å². The molecule has 0 amide bonds. The Kier molecular flexibility index (Phi) is 3.70. The van der Waals surface area contributed by atoms with Crippen molar-refractivity contribution in [2.45, 2.75) is 6.54 Å². The Labute approximate surface area is 122 Å². The van der Waals surface area contributed by atoms with Crippen molar-refractivity contribution >= 4 is 17.4 Å². The lowest BCUT2D eigenvalue weighted by atomic mass is 10.2. The van der Waals surface area contributed by atoms with E-state index in [4.69, 9.17) is 16.1 Å². The van der Waals surface area contributed by atoms with Crippen LogP contribution in [0.1, 0.15) is 5.56 Å². The molecule has 2 aromatic carbocycles. The lowest BCUT2D eigenvalue weighted by Gasteiger charge is -2.01. The number of halogens is 1. The smallest absolute Gasteiger partial charge is 0.170 e. The van der Waals surface area contributed by atoms with Gasteiger partial charge in [-0.25, -0.2) is 0 Å². The highest BCUT2D eigenvalue weighted by atomic mass is 35.5. The first-order valence-corrected chi connectivity index (χ1v) is 6.69. The highest BCUT2D eigenvalue weighted by Gasteiger charge is 2.06. The Bertz CT molecular complexity index is 677. The van der Waals surface area contributed by atoms with Gasteiger partial charge in [-0.2, -0.15) is 0 Å². The lowest BCUT2D eigenvalue weighted by Crippen LogP contribution is -1.98. The van der Waals surface area contributed by atoms with E-state index in [1.165, 1.54) is 5.56 Å². The van der Waals surface area contributed by atoms with Gasteiger partial charge < -0.3 is 9.84 Å². The molecule has 1 N–H and O–H groups in total. The van der Waals surface area contributed by atoms with Crippen LogP contribution < -0.4 is 5.32 Å². The molecule has 0 unspecified atom stereocenters. The Morgan fingerprint density at radius 1 is 1.00 bits per heavy atom. The highest BCUT2D eigenvalue weighted by Crippen LogP contribution is 2.24. The fraction of sp³-hybridized carbons (Fsp3) is 0.0625. The molecule has 0 saturated heterocycles. The SMILES string of the molecule is Clc1ccc(-c2cc(NCc3ccccc3)no2)cc1. The van der Waals surface area contributed by atoms with Gasteiger partial charge in [0.05, 0.1) is 0 Å². The van der Waals surface area contributed by atoms with E-state index in [1.807, 2.05) is 48.5 Å². The molecular formula is C16H13ClN2O. The van der Waals surface area contributed by atoms with E-state index in [0.717, 1.165) is 17.1 Å². The van der Waals surface area contributed by atoms with Crippen molar-refractivity contribution in [3.63, 3.8) is 0 Å². The molecule has 3 aromatic rings. The number of anilines is 1. The van der Waals surface area contributed by atoms with Crippen LogP contribution in [-0.2, 0) is 6.54 Å². The number of aromatic nitrogens is 1. The second-order valence-corrected chi connectivity index (χ2v) is 4.86. The zero-order chi connectivity index (χ0) is 13.8. The number of benzene rings is 2. The normalized spacial score (nSPS) is 10.4. The van der Waals surface area contributed by atoms with Crippen LogP contribution in [0.5, 0.6) is 0 Å². The molecule has 1 heterocycles. The maximum atomic E-state index is 5.86. The molecule has 0 aliphatic rings. The molecule has 20 heavy (non-hydrogen) atoms. The summed E-state index contributed by atoms with van der Waals surface area (Å²) in [5, 5.41) is 7.95. The maximum absolute atomic E-state index is 5.86. The van der Waals surface area contributed by atoms with Gasteiger partial charge in [-0.3, -0.25) is 0 Å². The third kappa shape index (κ3) is 3.00. The standard InChI is InChI=1S/C16H13ClN2O/c17-14-8-6-13(7-9-14)15-10-16(19-20-15)18-11-12-4-2-1-3-5-12/h1-10H,11H2,(H,18,19). The van der Waals surface area contributed by atoms with Crippen molar-refractivity contribution in [1.29, 1.82) is 0 Å². The predicted molar refractivity (Wildman–Crippen MR) is 80.7 cm³/mol. The summed E-state index contributed by atoms with van der Waals surface area (Å²) in [6.07, 6.45) is 0. The average Bonchev–Trinajstić information content (AvgIpc) is 2.96. The van der Waals surface area contributed by atoms with E-state index >= 15 is 0 Å². The Hall–Kier alpha value is -2.26. The minimum Gasteiger partial charge on any atom is -0.363 e. The van der Waals surface area contributed by atoms with Gasteiger partial charge in [0.15, 0.2) is 11.6 Å². The van der Waals surface area contributed by atoms with Crippen molar-refractivity contribution in [3.05, 3.63) is 71.2 Å². The summed E-state index contributed by atoms with van der Waals surface area (Å²) in [4.78, 5) is 0. The monoisotopic (exact) mass is 284 g/mol. The van der Waals surface area contributed by atoms with Crippen molar-refractivity contribution in [1.82, 2.24) is 5.16 Å². The lowest BCUT2D eigenvalue weighted by molar-refractivity contribution is 0.435. The molecule has 3 rings (SSSR count). The summed E-state index contributed by atoms with van der Waals surface area (Å²) < 4.78 is 5.32. The molecule has 1 aromatic heterocycles. The molecule has 0 aliphatic carbocycles. The van der Waals surface area contributed by atoms with Gasteiger partial charge in [0.1, 0.15) is 0 Å².